The second-order valence-corrected chi connectivity index (χ2v) is 7.17. The summed E-state index contributed by atoms with van der Waals surface area (Å²) in [5, 5.41) is 0. The molecule has 1 aromatic rings. The molecule has 1 saturated carbocycles. The molecule has 0 heterocycles. The smallest absolute Gasteiger partial charge is 0.142 e. The molecule has 0 aliphatic heterocycles. The summed E-state index contributed by atoms with van der Waals surface area (Å²) in [5.74, 6) is 0.409. The fraction of sp³-hybridized carbons (Fsp3) is 0.625. The Labute approximate surface area is 129 Å². The zero-order chi connectivity index (χ0) is 14.9. The molecule has 0 bridgehead atoms. The predicted molar refractivity (Wildman–Crippen MR) is 85.1 cm³/mol. The first-order valence-electron chi connectivity index (χ1n) is 7.25. The lowest BCUT2D eigenvalue weighted by atomic mass is 9.70. The summed E-state index contributed by atoms with van der Waals surface area (Å²) >= 11 is 3.26. The van der Waals surface area contributed by atoms with Crippen LogP contribution < -0.4 is 5.73 Å². The van der Waals surface area contributed by atoms with Crippen LogP contribution in [-0.4, -0.2) is 24.5 Å². The molecule has 0 amide bonds. The van der Waals surface area contributed by atoms with Gasteiger partial charge in [0.25, 0.3) is 0 Å². The quantitative estimate of drug-likeness (QED) is 0.895. The van der Waals surface area contributed by atoms with Crippen molar-refractivity contribution >= 4 is 15.9 Å². The molecule has 0 saturated heterocycles. The van der Waals surface area contributed by atoms with E-state index in [1.54, 1.807) is 6.07 Å². The van der Waals surface area contributed by atoms with Crippen molar-refractivity contribution in [2.45, 2.75) is 44.2 Å². The Morgan fingerprint density at radius 3 is 2.75 bits per heavy atom. The Bertz CT molecular complexity index is 478. The highest BCUT2D eigenvalue weighted by molar-refractivity contribution is 9.10. The Hall–Kier alpha value is -0.450. The highest BCUT2D eigenvalue weighted by Crippen LogP contribution is 2.43. The number of nitrogens with zero attached hydrogens (tertiary/aromatic N) is 1. The van der Waals surface area contributed by atoms with Gasteiger partial charge >= 0.3 is 0 Å². The van der Waals surface area contributed by atoms with E-state index in [4.69, 9.17) is 5.73 Å². The van der Waals surface area contributed by atoms with Gasteiger partial charge < -0.3 is 10.6 Å². The van der Waals surface area contributed by atoms with Gasteiger partial charge in [0.1, 0.15) is 5.82 Å². The molecule has 0 aromatic heterocycles. The van der Waals surface area contributed by atoms with Crippen LogP contribution in [0.1, 0.15) is 44.2 Å². The number of benzene rings is 1. The zero-order valence-electron chi connectivity index (χ0n) is 12.5. The number of nitrogens with two attached hydrogens (primary N) is 1. The van der Waals surface area contributed by atoms with Gasteiger partial charge in [0.2, 0.25) is 0 Å². The molecular weight excluding hydrogens is 319 g/mol. The molecule has 3 atom stereocenters. The minimum absolute atomic E-state index is 0.153. The van der Waals surface area contributed by atoms with E-state index in [0.29, 0.717) is 16.0 Å². The molecule has 1 fully saturated rings. The molecule has 1 aromatic carbocycles. The molecule has 4 heteroatoms. The summed E-state index contributed by atoms with van der Waals surface area (Å²) in [5.41, 5.74) is 6.99. The van der Waals surface area contributed by atoms with Crippen molar-refractivity contribution in [3.63, 3.8) is 0 Å². The molecule has 1 aliphatic rings. The van der Waals surface area contributed by atoms with Gasteiger partial charge in [-0.1, -0.05) is 31.9 Å². The third-order valence-electron chi connectivity index (χ3n) is 4.79. The van der Waals surface area contributed by atoms with Crippen LogP contribution in [0.4, 0.5) is 4.39 Å². The molecule has 0 spiro atoms. The number of rotatable bonds is 3. The molecule has 0 radical (unpaired) electrons. The van der Waals surface area contributed by atoms with Crippen LogP contribution in [0.15, 0.2) is 22.7 Å². The molecule has 2 N–H and O–H groups in total. The molecule has 2 rings (SSSR count). The number of likely N-dealkylation sites (N-methyl/N-ethyl adjacent to an activating group) is 1. The van der Waals surface area contributed by atoms with Crippen LogP contribution in [-0.2, 0) is 0 Å². The summed E-state index contributed by atoms with van der Waals surface area (Å²) in [6, 6.07) is 5.09. The number of hydrogen-bond donors (Lipinski definition) is 1. The lowest BCUT2D eigenvalue weighted by Gasteiger charge is -2.49. The van der Waals surface area contributed by atoms with Gasteiger partial charge in [-0.2, -0.15) is 0 Å². The minimum Gasteiger partial charge on any atom is -0.322 e. The van der Waals surface area contributed by atoms with Crippen LogP contribution in [0.5, 0.6) is 0 Å². The second kappa shape index (κ2) is 6.12. The number of hydrogen-bond acceptors (Lipinski definition) is 2. The van der Waals surface area contributed by atoms with Crippen molar-refractivity contribution in [1.29, 1.82) is 0 Å². The summed E-state index contributed by atoms with van der Waals surface area (Å²) in [6.45, 7) is 2.27. The van der Waals surface area contributed by atoms with Gasteiger partial charge in [0.15, 0.2) is 0 Å². The third-order valence-corrected chi connectivity index (χ3v) is 5.41. The van der Waals surface area contributed by atoms with Crippen molar-refractivity contribution in [3.05, 3.63) is 34.1 Å². The van der Waals surface area contributed by atoms with Gasteiger partial charge in [-0.15, -0.1) is 0 Å². The first-order chi connectivity index (χ1) is 9.38. The SMILES string of the molecule is CC1CCCC(C(N)c2cccc(Br)c2F)(N(C)C)C1. The van der Waals surface area contributed by atoms with Gasteiger partial charge in [-0.05, 0) is 54.9 Å². The van der Waals surface area contributed by atoms with Crippen molar-refractivity contribution in [2.24, 2.45) is 11.7 Å². The zero-order valence-corrected chi connectivity index (χ0v) is 14.1. The van der Waals surface area contributed by atoms with Gasteiger partial charge in [-0.25, -0.2) is 4.39 Å². The third kappa shape index (κ3) is 2.78. The average Bonchev–Trinajstić information content (AvgIpc) is 2.40. The first kappa shape index (κ1) is 15.9. The van der Waals surface area contributed by atoms with Crippen molar-refractivity contribution in [3.8, 4) is 0 Å². The fourth-order valence-electron chi connectivity index (χ4n) is 3.58. The number of halogens is 2. The fourth-order valence-corrected chi connectivity index (χ4v) is 3.96. The maximum Gasteiger partial charge on any atom is 0.142 e. The Morgan fingerprint density at radius 2 is 2.15 bits per heavy atom. The van der Waals surface area contributed by atoms with E-state index >= 15 is 0 Å². The highest BCUT2D eigenvalue weighted by atomic mass is 79.9. The lowest BCUT2D eigenvalue weighted by Crippen LogP contribution is -2.55. The van der Waals surface area contributed by atoms with E-state index in [2.05, 4.69) is 41.8 Å². The molecule has 2 nitrogen and oxygen atoms in total. The maximum atomic E-state index is 14.4. The van der Waals surface area contributed by atoms with E-state index in [1.165, 1.54) is 6.42 Å². The topological polar surface area (TPSA) is 29.3 Å². The Kier molecular flexibility index (Phi) is 4.88. The Morgan fingerprint density at radius 1 is 1.45 bits per heavy atom. The van der Waals surface area contributed by atoms with Crippen LogP contribution >= 0.6 is 15.9 Å². The van der Waals surface area contributed by atoms with Crippen LogP contribution in [0, 0.1) is 11.7 Å². The summed E-state index contributed by atoms with van der Waals surface area (Å²) in [4.78, 5) is 2.20. The first-order valence-corrected chi connectivity index (χ1v) is 8.04. The molecule has 3 unspecified atom stereocenters. The normalized spacial score (nSPS) is 28.6. The monoisotopic (exact) mass is 342 g/mol. The standard InChI is InChI=1S/C16H24BrFN2/c1-11-6-5-9-16(10-11,20(2)3)15(19)12-7-4-8-13(17)14(12)18/h4,7-8,11,15H,5-6,9-10,19H2,1-3H3. The minimum atomic E-state index is -0.308. The summed E-state index contributed by atoms with van der Waals surface area (Å²) < 4.78 is 14.9. The predicted octanol–water partition coefficient (Wildman–Crippen LogP) is 4.10. The van der Waals surface area contributed by atoms with E-state index in [0.717, 1.165) is 19.3 Å². The highest BCUT2D eigenvalue weighted by Gasteiger charge is 2.43. The van der Waals surface area contributed by atoms with E-state index in [1.807, 2.05) is 12.1 Å². The molecule has 20 heavy (non-hydrogen) atoms. The molecular formula is C16H24BrFN2. The van der Waals surface area contributed by atoms with Crippen molar-refractivity contribution in [1.82, 2.24) is 4.90 Å². The largest absolute Gasteiger partial charge is 0.322 e. The van der Waals surface area contributed by atoms with E-state index < -0.39 is 0 Å². The Balaban J connectivity index is 2.41. The van der Waals surface area contributed by atoms with E-state index in [9.17, 15) is 4.39 Å². The summed E-state index contributed by atoms with van der Waals surface area (Å²) in [6.07, 6.45) is 4.44. The van der Waals surface area contributed by atoms with Gasteiger partial charge in [0, 0.05) is 11.1 Å². The van der Waals surface area contributed by atoms with Crippen LogP contribution in [0.25, 0.3) is 0 Å². The van der Waals surface area contributed by atoms with E-state index in [-0.39, 0.29) is 17.4 Å². The molecule has 112 valence electrons. The summed E-state index contributed by atoms with van der Waals surface area (Å²) in [7, 11) is 4.13. The lowest BCUT2D eigenvalue weighted by molar-refractivity contribution is 0.0488. The van der Waals surface area contributed by atoms with Gasteiger partial charge in [-0.3, -0.25) is 0 Å². The van der Waals surface area contributed by atoms with Crippen molar-refractivity contribution < 1.29 is 4.39 Å². The maximum absolute atomic E-state index is 14.4. The van der Waals surface area contributed by atoms with Crippen LogP contribution in [0.3, 0.4) is 0 Å². The average molecular weight is 343 g/mol. The van der Waals surface area contributed by atoms with Gasteiger partial charge in [0.05, 0.1) is 10.5 Å². The van der Waals surface area contributed by atoms with Crippen LogP contribution in [0.2, 0.25) is 0 Å². The van der Waals surface area contributed by atoms with Crippen molar-refractivity contribution in [2.75, 3.05) is 14.1 Å². The molecule has 1 aliphatic carbocycles. The second-order valence-electron chi connectivity index (χ2n) is 6.32.